The number of hydrogen-bond donors (Lipinski definition) is 1. The van der Waals surface area contributed by atoms with Gasteiger partial charge < -0.3 is 10.1 Å². The van der Waals surface area contributed by atoms with Crippen LogP contribution in [0.1, 0.15) is 12.5 Å². The number of methoxy groups -OCH3 is 1. The lowest BCUT2D eigenvalue weighted by atomic mass is 10.2. The maximum Gasteiger partial charge on any atom is 0.221 e. The first-order valence-corrected chi connectivity index (χ1v) is 4.16. The first kappa shape index (κ1) is 10.5. The van der Waals surface area contributed by atoms with Crippen molar-refractivity contribution in [3.05, 3.63) is 23.5 Å². The number of aryl methyl sites for hydroxylation is 1. The number of carbonyl (C=O) groups is 1. The molecule has 14 heavy (non-hydrogen) atoms. The van der Waals surface area contributed by atoms with E-state index in [4.69, 9.17) is 4.74 Å². The number of ether oxygens (including phenoxy) is 1. The Hall–Kier alpha value is -1.58. The van der Waals surface area contributed by atoms with Gasteiger partial charge in [-0.3, -0.25) is 4.79 Å². The lowest BCUT2D eigenvalue weighted by Crippen LogP contribution is -2.07. The number of rotatable bonds is 2. The summed E-state index contributed by atoms with van der Waals surface area (Å²) in [5.41, 5.74) is 1.23. The van der Waals surface area contributed by atoms with E-state index in [9.17, 15) is 9.18 Å². The van der Waals surface area contributed by atoms with E-state index in [1.54, 1.807) is 13.0 Å². The zero-order valence-electron chi connectivity index (χ0n) is 8.35. The molecule has 0 aliphatic rings. The number of carbonyl (C=O) groups excluding carboxylic acids is 1. The van der Waals surface area contributed by atoms with Gasteiger partial charge in [0.1, 0.15) is 0 Å². The zero-order chi connectivity index (χ0) is 10.7. The standard InChI is InChI=1S/C10H12FNO2/c1-6-4-10(14-3)8(11)5-9(6)12-7(2)13/h4-5H,1-3H3,(H,12,13). The third kappa shape index (κ3) is 2.22. The summed E-state index contributed by atoms with van der Waals surface area (Å²) in [6.07, 6.45) is 0. The second-order valence-corrected chi connectivity index (χ2v) is 2.98. The van der Waals surface area contributed by atoms with Gasteiger partial charge >= 0.3 is 0 Å². The number of hydrogen-bond acceptors (Lipinski definition) is 2. The third-order valence-electron chi connectivity index (χ3n) is 1.81. The van der Waals surface area contributed by atoms with Gasteiger partial charge in [0.2, 0.25) is 5.91 Å². The van der Waals surface area contributed by atoms with Gasteiger partial charge in [0.25, 0.3) is 0 Å². The average molecular weight is 197 g/mol. The molecule has 0 saturated heterocycles. The van der Waals surface area contributed by atoms with Gasteiger partial charge in [-0.15, -0.1) is 0 Å². The molecular formula is C10H12FNO2. The normalized spacial score (nSPS) is 9.71. The van der Waals surface area contributed by atoms with E-state index in [-0.39, 0.29) is 11.7 Å². The lowest BCUT2D eigenvalue weighted by Gasteiger charge is -2.09. The molecule has 0 aliphatic heterocycles. The van der Waals surface area contributed by atoms with Crippen LogP contribution in [0, 0.1) is 12.7 Å². The van der Waals surface area contributed by atoms with Crippen molar-refractivity contribution in [3.8, 4) is 5.75 Å². The molecule has 0 bridgehead atoms. The highest BCUT2D eigenvalue weighted by molar-refractivity contribution is 5.89. The molecule has 1 N–H and O–H groups in total. The van der Waals surface area contributed by atoms with Crippen molar-refractivity contribution in [2.75, 3.05) is 12.4 Å². The van der Waals surface area contributed by atoms with E-state index in [0.717, 1.165) is 5.56 Å². The maximum absolute atomic E-state index is 13.2. The van der Waals surface area contributed by atoms with Crippen molar-refractivity contribution >= 4 is 11.6 Å². The van der Waals surface area contributed by atoms with Crippen LogP contribution in [0.5, 0.6) is 5.75 Å². The first-order chi connectivity index (χ1) is 6.54. The Morgan fingerprint density at radius 2 is 2.14 bits per heavy atom. The van der Waals surface area contributed by atoms with Gasteiger partial charge in [0.15, 0.2) is 11.6 Å². The second kappa shape index (κ2) is 4.09. The minimum atomic E-state index is -0.484. The molecule has 0 heterocycles. The summed E-state index contributed by atoms with van der Waals surface area (Å²) in [5.74, 6) is -0.531. The van der Waals surface area contributed by atoms with E-state index in [0.29, 0.717) is 5.69 Å². The maximum atomic E-state index is 13.2. The minimum Gasteiger partial charge on any atom is -0.494 e. The van der Waals surface area contributed by atoms with Gasteiger partial charge in [0.05, 0.1) is 7.11 Å². The van der Waals surface area contributed by atoms with Crippen molar-refractivity contribution in [2.24, 2.45) is 0 Å². The fourth-order valence-corrected chi connectivity index (χ4v) is 1.14. The monoisotopic (exact) mass is 197 g/mol. The molecule has 1 aromatic rings. The van der Waals surface area contributed by atoms with Crippen molar-refractivity contribution in [1.29, 1.82) is 0 Å². The van der Waals surface area contributed by atoms with Crippen LogP contribution in [0.2, 0.25) is 0 Å². The molecule has 0 spiro atoms. The quantitative estimate of drug-likeness (QED) is 0.788. The molecule has 1 amide bonds. The van der Waals surface area contributed by atoms with Gasteiger partial charge in [-0.2, -0.15) is 0 Å². The predicted molar refractivity (Wildman–Crippen MR) is 52.0 cm³/mol. The van der Waals surface area contributed by atoms with Gasteiger partial charge in [-0.05, 0) is 18.6 Å². The van der Waals surface area contributed by atoms with E-state index in [1.807, 2.05) is 0 Å². The summed E-state index contributed by atoms with van der Waals surface area (Å²) in [4.78, 5) is 10.8. The Morgan fingerprint density at radius 3 is 2.64 bits per heavy atom. The molecule has 0 saturated carbocycles. The molecule has 0 unspecified atom stereocenters. The van der Waals surface area contributed by atoms with Crippen LogP contribution in [0.25, 0.3) is 0 Å². The van der Waals surface area contributed by atoms with Crippen molar-refractivity contribution in [1.82, 2.24) is 0 Å². The van der Waals surface area contributed by atoms with Crippen LogP contribution in [0.4, 0.5) is 10.1 Å². The Bertz CT molecular complexity index is 363. The highest BCUT2D eigenvalue weighted by Gasteiger charge is 2.07. The molecular weight excluding hydrogens is 185 g/mol. The lowest BCUT2D eigenvalue weighted by molar-refractivity contribution is -0.114. The Kier molecular flexibility index (Phi) is 3.06. The summed E-state index contributed by atoms with van der Waals surface area (Å²) in [6.45, 7) is 3.15. The molecule has 3 nitrogen and oxygen atoms in total. The van der Waals surface area contributed by atoms with Gasteiger partial charge in [-0.25, -0.2) is 4.39 Å². The fourth-order valence-electron chi connectivity index (χ4n) is 1.14. The predicted octanol–water partition coefficient (Wildman–Crippen LogP) is 2.10. The first-order valence-electron chi connectivity index (χ1n) is 4.16. The summed E-state index contributed by atoms with van der Waals surface area (Å²) in [6, 6.07) is 2.79. The van der Waals surface area contributed by atoms with E-state index in [1.165, 1.54) is 20.1 Å². The number of anilines is 1. The van der Waals surface area contributed by atoms with Crippen molar-refractivity contribution < 1.29 is 13.9 Å². The molecule has 1 aromatic carbocycles. The summed E-state index contributed by atoms with van der Waals surface area (Å²) < 4.78 is 18.0. The van der Waals surface area contributed by atoms with Gasteiger partial charge in [0, 0.05) is 18.7 Å². The SMILES string of the molecule is COc1cc(C)c(NC(C)=O)cc1F. The molecule has 0 aliphatic carbocycles. The van der Waals surface area contributed by atoms with Crippen LogP contribution in [0.15, 0.2) is 12.1 Å². The molecule has 76 valence electrons. The molecule has 0 radical (unpaired) electrons. The van der Waals surface area contributed by atoms with E-state index in [2.05, 4.69) is 5.32 Å². The Labute approximate surface area is 81.9 Å². The summed E-state index contributed by atoms with van der Waals surface area (Å²) >= 11 is 0. The smallest absolute Gasteiger partial charge is 0.221 e. The van der Waals surface area contributed by atoms with Crippen LogP contribution >= 0.6 is 0 Å². The molecule has 1 rings (SSSR count). The number of halogens is 1. The number of benzene rings is 1. The molecule has 0 fully saturated rings. The third-order valence-corrected chi connectivity index (χ3v) is 1.81. The van der Waals surface area contributed by atoms with E-state index < -0.39 is 5.82 Å². The van der Waals surface area contributed by atoms with E-state index >= 15 is 0 Å². The zero-order valence-corrected chi connectivity index (χ0v) is 8.35. The molecule has 0 aromatic heterocycles. The number of amides is 1. The largest absolute Gasteiger partial charge is 0.494 e. The Morgan fingerprint density at radius 1 is 1.50 bits per heavy atom. The highest BCUT2D eigenvalue weighted by atomic mass is 19.1. The van der Waals surface area contributed by atoms with Crippen molar-refractivity contribution in [2.45, 2.75) is 13.8 Å². The molecule has 0 atom stereocenters. The van der Waals surface area contributed by atoms with Crippen LogP contribution in [-0.4, -0.2) is 13.0 Å². The fraction of sp³-hybridized carbons (Fsp3) is 0.300. The van der Waals surface area contributed by atoms with Crippen LogP contribution in [0.3, 0.4) is 0 Å². The summed E-state index contributed by atoms with van der Waals surface area (Å²) in [7, 11) is 1.40. The summed E-state index contributed by atoms with van der Waals surface area (Å²) in [5, 5.41) is 2.53. The highest BCUT2D eigenvalue weighted by Crippen LogP contribution is 2.24. The number of nitrogens with one attached hydrogen (secondary N) is 1. The minimum absolute atomic E-state index is 0.177. The Balaban J connectivity index is 3.08. The van der Waals surface area contributed by atoms with Crippen LogP contribution < -0.4 is 10.1 Å². The average Bonchev–Trinajstić information content (AvgIpc) is 2.10. The topological polar surface area (TPSA) is 38.3 Å². The van der Waals surface area contributed by atoms with Crippen molar-refractivity contribution in [3.63, 3.8) is 0 Å². The second-order valence-electron chi connectivity index (χ2n) is 2.98. The molecule has 4 heteroatoms. The van der Waals surface area contributed by atoms with Gasteiger partial charge in [-0.1, -0.05) is 0 Å². The van der Waals surface area contributed by atoms with Crippen LogP contribution in [-0.2, 0) is 4.79 Å².